The van der Waals surface area contributed by atoms with Gasteiger partial charge in [-0.25, -0.2) is 9.38 Å². The van der Waals surface area contributed by atoms with Gasteiger partial charge in [-0.15, -0.1) is 24.0 Å². The summed E-state index contributed by atoms with van der Waals surface area (Å²) in [5, 5.41) is 6.51. The molecule has 0 aliphatic heterocycles. The smallest absolute Gasteiger partial charge is 0.191 e. The molecular weight excluding hydrogens is 408 g/mol. The molecule has 4 nitrogen and oxygen atoms in total. The van der Waals surface area contributed by atoms with Crippen LogP contribution in [0.3, 0.4) is 0 Å². The van der Waals surface area contributed by atoms with E-state index in [0.29, 0.717) is 6.54 Å². The largest absolute Gasteiger partial charge is 0.469 e. The molecule has 0 saturated carbocycles. The van der Waals surface area contributed by atoms with E-state index in [1.165, 1.54) is 12.1 Å². The fraction of sp³-hybridized carbons (Fsp3) is 0.353. The van der Waals surface area contributed by atoms with Crippen molar-refractivity contribution in [1.29, 1.82) is 0 Å². The third-order valence-corrected chi connectivity index (χ3v) is 3.10. The Balaban J connectivity index is 0.00000264. The maximum Gasteiger partial charge on any atom is 0.191 e. The van der Waals surface area contributed by atoms with Gasteiger partial charge < -0.3 is 15.1 Å². The summed E-state index contributed by atoms with van der Waals surface area (Å²) < 4.78 is 18.5. The molecule has 1 aromatic carbocycles. The second-order valence-corrected chi connectivity index (χ2v) is 4.98. The van der Waals surface area contributed by atoms with E-state index < -0.39 is 0 Å². The predicted octanol–water partition coefficient (Wildman–Crippen LogP) is 3.72. The number of guanidine groups is 1. The fourth-order valence-corrected chi connectivity index (χ4v) is 1.98. The highest BCUT2D eigenvalue weighted by atomic mass is 127. The quantitative estimate of drug-likeness (QED) is 0.399. The van der Waals surface area contributed by atoms with Gasteiger partial charge in [0.05, 0.1) is 12.8 Å². The molecule has 1 aromatic heterocycles. The van der Waals surface area contributed by atoms with Crippen molar-refractivity contribution in [3.05, 3.63) is 59.8 Å². The van der Waals surface area contributed by atoms with Crippen LogP contribution in [0, 0.1) is 5.82 Å². The highest BCUT2D eigenvalue weighted by Gasteiger charge is 2.00. The molecule has 0 radical (unpaired) electrons. The molecule has 2 rings (SSSR count). The van der Waals surface area contributed by atoms with E-state index in [0.717, 1.165) is 43.2 Å². The lowest BCUT2D eigenvalue weighted by atomic mass is 10.2. The molecule has 0 saturated heterocycles. The maximum absolute atomic E-state index is 13.2. The van der Waals surface area contributed by atoms with E-state index in [1.807, 2.05) is 18.2 Å². The summed E-state index contributed by atoms with van der Waals surface area (Å²) in [6, 6.07) is 10.3. The van der Waals surface area contributed by atoms with Gasteiger partial charge >= 0.3 is 0 Å². The molecule has 0 spiro atoms. The Labute approximate surface area is 153 Å². The zero-order chi connectivity index (χ0) is 15.6. The lowest BCUT2D eigenvalue weighted by Crippen LogP contribution is -2.38. The van der Waals surface area contributed by atoms with E-state index >= 15 is 0 Å². The number of benzene rings is 1. The molecule has 126 valence electrons. The highest BCUT2D eigenvalue weighted by molar-refractivity contribution is 14.0. The van der Waals surface area contributed by atoms with E-state index in [4.69, 9.17) is 4.42 Å². The minimum absolute atomic E-state index is 0. The lowest BCUT2D eigenvalue weighted by molar-refractivity contribution is 0.506. The second kappa shape index (κ2) is 11.0. The third-order valence-electron chi connectivity index (χ3n) is 3.10. The summed E-state index contributed by atoms with van der Waals surface area (Å²) in [7, 11) is 0. The topological polar surface area (TPSA) is 49.6 Å². The van der Waals surface area contributed by atoms with Crippen LogP contribution in [0.15, 0.2) is 52.1 Å². The van der Waals surface area contributed by atoms with Crippen molar-refractivity contribution >= 4 is 29.9 Å². The number of aliphatic imine (C=N–C) groups is 1. The van der Waals surface area contributed by atoms with Crippen molar-refractivity contribution in [3.8, 4) is 0 Å². The monoisotopic (exact) mass is 431 g/mol. The summed E-state index contributed by atoms with van der Waals surface area (Å²) >= 11 is 0. The average Bonchev–Trinajstić information content (AvgIpc) is 3.03. The number of halogens is 2. The third kappa shape index (κ3) is 7.49. The molecular formula is C17H23FIN3O. The van der Waals surface area contributed by atoms with Gasteiger partial charge in [0.15, 0.2) is 5.96 Å². The molecule has 0 atom stereocenters. The first-order valence-electron chi connectivity index (χ1n) is 7.57. The van der Waals surface area contributed by atoms with Crippen LogP contribution in [0.5, 0.6) is 0 Å². The number of rotatable bonds is 7. The van der Waals surface area contributed by atoms with Gasteiger partial charge in [0, 0.05) is 19.5 Å². The zero-order valence-electron chi connectivity index (χ0n) is 13.2. The number of hydrogen-bond acceptors (Lipinski definition) is 2. The molecule has 2 aromatic rings. The summed E-state index contributed by atoms with van der Waals surface area (Å²) in [6.07, 6.45) is 3.47. The Morgan fingerprint density at radius 1 is 1.17 bits per heavy atom. The Kier molecular flexibility index (Phi) is 9.35. The van der Waals surface area contributed by atoms with Crippen LogP contribution >= 0.6 is 24.0 Å². The predicted molar refractivity (Wildman–Crippen MR) is 102 cm³/mol. The molecule has 1 heterocycles. The van der Waals surface area contributed by atoms with Gasteiger partial charge in [0.2, 0.25) is 0 Å². The number of furan rings is 1. The van der Waals surface area contributed by atoms with Gasteiger partial charge in [-0.05, 0) is 36.2 Å². The zero-order valence-corrected chi connectivity index (χ0v) is 15.5. The van der Waals surface area contributed by atoms with Gasteiger partial charge in [0.1, 0.15) is 11.6 Å². The average molecular weight is 431 g/mol. The summed E-state index contributed by atoms with van der Waals surface area (Å²) in [5.74, 6) is 1.44. The summed E-state index contributed by atoms with van der Waals surface area (Å²) in [4.78, 5) is 4.49. The Morgan fingerprint density at radius 3 is 2.70 bits per heavy atom. The first kappa shape index (κ1) is 19.5. The molecule has 6 heteroatoms. The maximum atomic E-state index is 13.2. The second-order valence-electron chi connectivity index (χ2n) is 4.98. The standard InChI is InChI=1S/C17H22FN3O.HI/c1-2-9-19-17(20-10-8-16-7-4-11-22-16)21-13-14-5-3-6-15(18)12-14;/h3-7,11-12H,2,8-10,13H2,1H3,(H2,19,20,21);1H. The minimum Gasteiger partial charge on any atom is -0.469 e. The molecule has 2 N–H and O–H groups in total. The Hall–Kier alpha value is -1.57. The van der Waals surface area contributed by atoms with E-state index in [1.54, 1.807) is 12.3 Å². The van der Waals surface area contributed by atoms with Gasteiger partial charge in [-0.1, -0.05) is 19.1 Å². The molecule has 0 bridgehead atoms. The van der Waals surface area contributed by atoms with E-state index in [2.05, 4.69) is 22.5 Å². The summed E-state index contributed by atoms with van der Waals surface area (Å²) in [5.41, 5.74) is 0.851. The lowest BCUT2D eigenvalue weighted by Gasteiger charge is -2.11. The molecule has 0 unspecified atom stereocenters. The van der Waals surface area contributed by atoms with Crippen LogP contribution in [0.4, 0.5) is 4.39 Å². The van der Waals surface area contributed by atoms with Gasteiger partial charge in [-0.3, -0.25) is 0 Å². The van der Waals surface area contributed by atoms with Gasteiger partial charge in [0.25, 0.3) is 0 Å². The van der Waals surface area contributed by atoms with Crippen molar-refractivity contribution < 1.29 is 8.81 Å². The Bertz CT molecular complexity index is 587. The normalized spacial score (nSPS) is 11.0. The van der Waals surface area contributed by atoms with Crippen molar-refractivity contribution in [2.45, 2.75) is 26.3 Å². The summed E-state index contributed by atoms with van der Waals surface area (Å²) in [6.45, 7) is 4.11. The highest BCUT2D eigenvalue weighted by Crippen LogP contribution is 2.04. The van der Waals surface area contributed by atoms with Crippen LogP contribution in [0.1, 0.15) is 24.7 Å². The van der Waals surface area contributed by atoms with E-state index in [9.17, 15) is 4.39 Å². The number of nitrogens with zero attached hydrogens (tertiary/aromatic N) is 1. The molecule has 0 aliphatic carbocycles. The van der Waals surface area contributed by atoms with Crippen LogP contribution in [0.2, 0.25) is 0 Å². The van der Waals surface area contributed by atoms with Crippen molar-refractivity contribution in [1.82, 2.24) is 10.6 Å². The Morgan fingerprint density at radius 2 is 2.00 bits per heavy atom. The SMILES string of the molecule is CCCNC(=NCc1cccc(F)c1)NCCc1ccco1.I. The number of nitrogens with one attached hydrogen (secondary N) is 2. The number of hydrogen-bond donors (Lipinski definition) is 2. The van der Waals surface area contributed by atoms with Crippen LogP contribution in [-0.4, -0.2) is 19.0 Å². The van der Waals surface area contributed by atoms with Crippen molar-refractivity contribution in [2.75, 3.05) is 13.1 Å². The van der Waals surface area contributed by atoms with Crippen LogP contribution in [-0.2, 0) is 13.0 Å². The van der Waals surface area contributed by atoms with Crippen LogP contribution < -0.4 is 10.6 Å². The first-order chi connectivity index (χ1) is 10.8. The minimum atomic E-state index is -0.235. The first-order valence-corrected chi connectivity index (χ1v) is 7.57. The molecule has 0 amide bonds. The van der Waals surface area contributed by atoms with Crippen molar-refractivity contribution in [3.63, 3.8) is 0 Å². The molecule has 23 heavy (non-hydrogen) atoms. The van der Waals surface area contributed by atoms with Crippen molar-refractivity contribution in [2.24, 2.45) is 4.99 Å². The van der Waals surface area contributed by atoms with Crippen LogP contribution in [0.25, 0.3) is 0 Å². The van der Waals surface area contributed by atoms with Gasteiger partial charge in [-0.2, -0.15) is 0 Å². The molecule has 0 fully saturated rings. The van der Waals surface area contributed by atoms with E-state index in [-0.39, 0.29) is 29.8 Å². The fourth-order valence-electron chi connectivity index (χ4n) is 1.98. The molecule has 0 aliphatic rings.